The molecule has 0 saturated heterocycles. The Balaban J connectivity index is 1.43. The van der Waals surface area contributed by atoms with Crippen molar-refractivity contribution in [1.82, 2.24) is 5.32 Å². The number of nitrogens with one attached hydrogen (secondary N) is 1. The van der Waals surface area contributed by atoms with E-state index in [4.69, 9.17) is 0 Å². The van der Waals surface area contributed by atoms with Gasteiger partial charge in [-0.1, -0.05) is 30.3 Å². The van der Waals surface area contributed by atoms with Crippen LogP contribution in [0.1, 0.15) is 50.0 Å². The zero-order valence-corrected chi connectivity index (χ0v) is 12.5. The molecule has 1 unspecified atom stereocenters. The second-order valence-electron chi connectivity index (χ2n) is 6.61. The van der Waals surface area contributed by atoms with Crippen LogP contribution in [-0.4, -0.2) is 23.7 Å². The van der Waals surface area contributed by atoms with E-state index in [1.165, 1.54) is 5.56 Å². The second kappa shape index (κ2) is 6.61. The molecule has 2 fully saturated rings. The fourth-order valence-electron chi connectivity index (χ4n) is 3.41. The first kappa shape index (κ1) is 14.6. The lowest BCUT2D eigenvalue weighted by Crippen LogP contribution is -2.38. The van der Waals surface area contributed by atoms with Gasteiger partial charge in [0.2, 0.25) is 5.91 Å². The van der Waals surface area contributed by atoms with Gasteiger partial charge in [0.25, 0.3) is 0 Å². The third-order valence-electron chi connectivity index (χ3n) is 5.02. The fourth-order valence-corrected chi connectivity index (χ4v) is 3.41. The van der Waals surface area contributed by atoms with Crippen molar-refractivity contribution in [3.63, 3.8) is 0 Å². The third-order valence-corrected chi connectivity index (χ3v) is 5.02. The van der Waals surface area contributed by atoms with E-state index in [9.17, 15) is 9.90 Å². The van der Waals surface area contributed by atoms with Crippen molar-refractivity contribution in [3.05, 3.63) is 35.9 Å². The van der Waals surface area contributed by atoms with Gasteiger partial charge >= 0.3 is 0 Å². The number of rotatable bonds is 5. The van der Waals surface area contributed by atoms with E-state index < -0.39 is 0 Å². The molecule has 1 amide bonds. The van der Waals surface area contributed by atoms with Crippen LogP contribution in [0, 0.1) is 11.8 Å². The summed E-state index contributed by atoms with van der Waals surface area (Å²) in [5.41, 5.74) is 1.40. The molecule has 3 nitrogen and oxygen atoms in total. The molecule has 0 spiro atoms. The first-order valence-corrected chi connectivity index (χ1v) is 8.24. The molecule has 114 valence electrons. The van der Waals surface area contributed by atoms with E-state index in [1.807, 2.05) is 6.07 Å². The summed E-state index contributed by atoms with van der Waals surface area (Å²) >= 11 is 0. The average Bonchev–Trinajstić information content (AvgIpc) is 3.38. The minimum absolute atomic E-state index is 0.136. The number of aliphatic hydroxyl groups excluding tert-OH is 1. The Morgan fingerprint density at radius 2 is 1.76 bits per heavy atom. The van der Waals surface area contributed by atoms with Crippen molar-refractivity contribution >= 4 is 5.91 Å². The summed E-state index contributed by atoms with van der Waals surface area (Å²) in [7, 11) is 0. The maximum Gasteiger partial charge on any atom is 0.223 e. The van der Waals surface area contributed by atoms with E-state index in [2.05, 4.69) is 29.6 Å². The first-order valence-electron chi connectivity index (χ1n) is 8.24. The van der Waals surface area contributed by atoms with Gasteiger partial charge in [-0.05, 0) is 55.9 Å². The van der Waals surface area contributed by atoms with Crippen molar-refractivity contribution < 1.29 is 9.90 Å². The Bertz CT molecular complexity index is 461. The van der Waals surface area contributed by atoms with Gasteiger partial charge in [-0.3, -0.25) is 4.79 Å². The molecule has 0 aliphatic heterocycles. The normalized spacial score (nSPS) is 27.1. The summed E-state index contributed by atoms with van der Waals surface area (Å²) in [4.78, 5) is 12.2. The lowest BCUT2D eigenvalue weighted by Gasteiger charge is -2.28. The summed E-state index contributed by atoms with van der Waals surface area (Å²) in [6, 6.07) is 10.6. The quantitative estimate of drug-likeness (QED) is 0.875. The summed E-state index contributed by atoms with van der Waals surface area (Å²) in [5.74, 6) is 1.31. The average molecular weight is 287 g/mol. The number of carbonyl (C=O) groups excluding carboxylic acids is 1. The lowest BCUT2D eigenvalue weighted by atomic mass is 9.78. The molecule has 2 aliphatic rings. The van der Waals surface area contributed by atoms with Crippen molar-refractivity contribution in [1.29, 1.82) is 0 Å². The topological polar surface area (TPSA) is 49.3 Å². The van der Waals surface area contributed by atoms with Crippen LogP contribution in [0.15, 0.2) is 30.3 Å². The van der Waals surface area contributed by atoms with Crippen molar-refractivity contribution in [2.75, 3.05) is 6.54 Å². The number of hydrogen-bond donors (Lipinski definition) is 2. The predicted octanol–water partition coefficient (Wildman–Crippen LogP) is 2.85. The Labute approximate surface area is 126 Å². The molecule has 2 N–H and O–H groups in total. The largest absolute Gasteiger partial charge is 0.391 e. The van der Waals surface area contributed by atoms with Gasteiger partial charge in [-0.2, -0.15) is 0 Å². The molecule has 3 heteroatoms. The number of carbonyl (C=O) groups is 1. The molecule has 2 aliphatic carbocycles. The van der Waals surface area contributed by atoms with Crippen LogP contribution in [0.25, 0.3) is 0 Å². The number of aliphatic hydroxyl groups is 1. The first-order chi connectivity index (χ1) is 10.2. The molecule has 1 aromatic rings. The summed E-state index contributed by atoms with van der Waals surface area (Å²) < 4.78 is 0. The molecule has 1 atom stereocenters. The van der Waals surface area contributed by atoms with Crippen LogP contribution >= 0.6 is 0 Å². The highest BCUT2D eigenvalue weighted by atomic mass is 16.3. The maximum absolute atomic E-state index is 12.2. The zero-order chi connectivity index (χ0) is 14.7. The number of hydrogen-bond acceptors (Lipinski definition) is 2. The third kappa shape index (κ3) is 3.85. The second-order valence-corrected chi connectivity index (χ2v) is 6.61. The van der Waals surface area contributed by atoms with Crippen LogP contribution in [0.4, 0.5) is 0 Å². The molecule has 0 radical (unpaired) electrons. The standard InChI is InChI=1S/C18H25NO2/c20-17(15-8-9-15)12-19-18(21)16-10-6-14(7-11-16)13-4-2-1-3-5-13/h1-5,14-17,20H,6-12H2,(H,19,21). The summed E-state index contributed by atoms with van der Waals surface area (Å²) in [6.07, 6.45) is 5.99. The number of amides is 1. The van der Waals surface area contributed by atoms with Gasteiger partial charge < -0.3 is 10.4 Å². The van der Waals surface area contributed by atoms with Crippen LogP contribution in [-0.2, 0) is 4.79 Å². The molecular weight excluding hydrogens is 262 g/mol. The zero-order valence-electron chi connectivity index (χ0n) is 12.5. The summed E-state index contributed by atoms with van der Waals surface area (Å²) in [5, 5.41) is 12.8. The Morgan fingerprint density at radius 1 is 1.10 bits per heavy atom. The van der Waals surface area contributed by atoms with Gasteiger partial charge in [0.05, 0.1) is 6.10 Å². The molecular formula is C18H25NO2. The monoisotopic (exact) mass is 287 g/mol. The highest BCUT2D eigenvalue weighted by Gasteiger charge is 2.31. The van der Waals surface area contributed by atoms with Gasteiger partial charge in [0.15, 0.2) is 0 Å². The Hall–Kier alpha value is -1.35. The highest BCUT2D eigenvalue weighted by Crippen LogP contribution is 2.36. The van der Waals surface area contributed by atoms with E-state index in [0.29, 0.717) is 18.4 Å². The molecule has 21 heavy (non-hydrogen) atoms. The Kier molecular flexibility index (Phi) is 4.59. The smallest absolute Gasteiger partial charge is 0.223 e. The lowest BCUT2D eigenvalue weighted by molar-refractivity contribution is -0.126. The van der Waals surface area contributed by atoms with Crippen LogP contribution in [0.2, 0.25) is 0 Å². The van der Waals surface area contributed by atoms with Gasteiger partial charge in [0.1, 0.15) is 0 Å². The predicted molar refractivity (Wildman–Crippen MR) is 82.9 cm³/mol. The van der Waals surface area contributed by atoms with Crippen molar-refractivity contribution in [2.24, 2.45) is 11.8 Å². The van der Waals surface area contributed by atoms with Crippen LogP contribution < -0.4 is 5.32 Å². The van der Waals surface area contributed by atoms with Crippen LogP contribution in [0.5, 0.6) is 0 Å². The molecule has 0 aromatic heterocycles. The van der Waals surface area contributed by atoms with Gasteiger partial charge in [-0.25, -0.2) is 0 Å². The van der Waals surface area contributed by atoms with Gasteiger partial charge in [0, 0.05) is 12.5 Å². The SMILES string of the molecule is O=C(NCC(O)C1CC1)C1CCC(c2ccccc2)CC1. The van der Waals surface area contributed by atoms with E-state index >= 15 is 0 Å². The number of benzene rings is 1. The van der Waals surface area contributed by atoms with Crippen LogP contribution in [0.3, 0.4) is 0 Å². The highest BCUT2D eigenvalue weighted by molar-refractivity contribution is 5.78. The maximum atomic E-state index is 12.2. The minimum Gasteiger partial charge on any atom is -0.391 e. The van der Waals surface area contributed by atoms with Gasteiger partial charge in [-0.15, -0.1) is 0 Å². The molecule has 1 aromatic carbocycles. The van der Waals surface area contributed by atoms with E-state index in [0.717, 1.165) is 38.5 Å². The van der Waals surface area contributed by atoms with E-state index in [1.54, 1.807) is 0 Å². The minimum atomic E-state index is -0.338. The van der Waals surface area contributed by atoms with Crippen molar-refractivity contribution in [2.45, 2.75) is 50.5 Å². The molecule has 2 saturated carbocycles. The Morgan fingerprint density at radius 3 is 2.38 bits per heavy atom. The van der Waals surface area contributed by atoms with E-state index in [-0.39, 0.29) is 17.9 Å². The molecule has 3 rings (SSSR count). The fraction of sp³-hybridized carbons (Fsp3) is 0.611. The molecule has 0 bridgehead atoms. The molecule has 0 heterocycles. The van der Waals surface area contributed by atoms with Crippen molar-refractivity contribution in [3.8, 4) is 0 Å². The summed E-state index contributed by atoms with van der Waals surface area (Å²) in [6.45, 7) is 0.433.